The molecule has 300 valence electrons. The zero-order valence-electron chi connectivity index (χ0n) is 32.5. The summed E-state index contributed by atoms with van der Waals surface area (Å²) >= 11 is 0. The maximum atomic E-state index is 14.7. The molecule has 0 aromatic rings. The Labute approximate surface area is 317 Å². The average Bonchev–Trinajstić information content (AvgIpc) is 3.62. The van der Waals surface area contributed by atoms with Crippen molar-refractivity contribution in [2.75, 3.05) is 13.2 Å². The molecule has 13 nitrogen and oxygen atoms in total. The van der Waals surface area contributed by atoms with Gasteiger partial charge in [-0.3, -0.25) is 9.59 Å². The quantitative estimate of drug-likeness (QED) is 0.147. The van der Waals surface area contributed by atoms with Gasteiger partial charge in [-0.25, -0.2) is 4.79 Å². The number of aliphatic hydroxyl groups excluding tert-OH is 2. The minimum atomic E-state index is -2.08. The van der Waals surface area contributed by atoms with E-state index in [1.54, 1.807) is 20.8 Å². The Balaban J connectivity index is 1.45. The Morgan fingerprint density at radius 3 is 2.44 bits per heavy atom. The van der Waals surface area contributed by atoms with E-state index in [-0.39, 0.29) is 18.9 Å². The SMILES string of the molecule is C=C(C)[C@@]12OC34CCC/C=C\CCCCC(CCC)[C@@H]5[C@@H]6[C@]7(O[C@]5(C)OC7=O)[C@H](O)[C@@]5(CO)O[C@H]5[C@@H]([C@H]1O3)[C@]6(O4)[C@H](COC(=O)C(C)CC)[C@H]2OC(C)=O. The van der Waals surface area contributed by atoms with Gasteiger partial charge in [0.05, 0.1) is 24.0 Å². The van der Waals surface area contributed by atoms with Gasteiger partial charge in [0.1, 0.15) is 36.6 Å². The molecule has 0 aromatic heterocycles. The zero-order valence-corrected chi connectivity index (χ0v) is 32.5. The number of ether oxygens (including phenoxy) is 8. The van der Waals surface area contributed by atoms with Crippen LogP contribution in [-0.2, 0) is 52.3 Å². The minimum Gasteiger partial charge on any atom is -0.465 e. The smallest absolute Gasteiger partial charge is 0.344 e. The fourth-order valence-corrected chi connectivity index (χ4v) is 12.1. The molecule has 5 saturated heterocycles. The third kappa shape index (κ3) is 4.90. The van der Waals surface area contributed by atoms with Gasteiger partial charge < -0.3 is 48.1 Å². The van der Waals surface area contributed by atoms with Crippen LogP contribution in [0.25, 0.3) is 0 Å². The molecule has 8 rings (SSSR count). The summed E-state index contributed by atoms with van der Waals surface area (Å²) in [6.45, 7) is 14.2. The number of hydrogen-bond acceptors (Lipinski definition) is 13. The molecule has 6 aliphatic heterocycles. The van der Waals surface area contributed by atoms with Crippen LogP contribution in [0.4, 0.5) is 0 Å². The normalized spacial score (nSPS) is 50.8. The van der Waals surface area contributed by atoms with Crippen molar-refractivity contribution in [2.24, 2.45) is 35.5 Å². The molecule has 0 radical (unpaired) electrons. The molecule has 54 heavy (non-hydrogen) atoms. The third-order valence-corrected chi connectivity index (χ3v) is 14.5. The Hall–Kier alpha value is -2.39. The summed E-state index contributed by atoms with van der Waals surface area (Å²) in [6, 6.07) is 0. The number of esters is 3. The van der Waals surface area contributed by atoms with E-state index in [4.69, 9.17) is 37.9 Å². The predicted molar refractivity (Wildman–Crippen MR) is 189 cm³/mol. The van der Waals surface area contributed by atoms with Crippen molar-refractivity contribution >= 4 is 17.9 Å². The Bertz CT molecular complexity index is 1600. The number of rotatable bonds is 9. The summed E-state index contributed by atoms with van der Waals surface area (Å²) in [7, 11) is 0. The number of carbonyl (C=O) groups excluding carboxylic acids is 3. The first-order chi connectivity index (χ1) is 25.7. The molecule has 2 aliphatic carbocycles. The number of hydrogen-bond donors (Lipinski definition) is 2. The van der Waals surface area contributed by atoms with Crippen LogP contribution in [0.1, 0.15) is 106 Å². The summed E-state index contributed by atoms with van der Waals surface area (Å²) < 4.78 is 54.0. The highest BCUT2D eigenvalue weighted by atomic mass is 16.9. The van der Waals surface area contributed by atoms with Crippen LogP contribution < -0.4 is 0 Å². The van der Waals surface area contributed by atoms with Gasteiger partial charge in [0.2, 0.25) is 11.4 Å². The molecular formula is C41H58O13. The summed E-state index contributed by atoms with van der Waals surface area (Å²) in [6.07, 6.45) is 6.99. The summed E-state index contributed by atoms with van der Waals surface area (Å²) in [5.41, 5.74) is -6.37. The number of fused-ring (bicyclic) bond motifs is 3. The van der Waals surface area contributed by atoms with E-state index in [1.807, 2.05) is 6.92 Å². The van der Waals surface area contributed by atoms with Crippen molar-refractivity contribution in [3.8, 4) is 0 Å². The molecular weight excluding hydrogens is 700 g/mol. The van der Waals surface area contributed by atoms with E-state index >= 15 is 0 Å². The molecule has 7 fully saturated rings. The number of aliphatic hydroxyl groups is 2. The van der Waals surface area contributed by atoms with Crippen LogP contribution in [-0.4, -0.2) is 99.9 Å². The second-order valence-corrected chi connectivity index (χ2v) is 17.5. The van der Waals surface area contributed by atoms with Gasteiger partial charge in [0, 0.05) is 38.0 Å². The lowest BCUT2D eigenvalue weighted by atomic mass is 9.48. The maximum absolute atomic E-state index is 14.7. The Morgan fingerprint density at radius 1 is 1.04 bits per heavy atom. The number of allylic oxidation sites excluding steroid dienone is 2. The maximum Gasteiger partial charge on any atom is 0.344 e. The molecule has 0 amide bonds. The molecule has 3 unspecified atom stereocenters. The molecule has 3 spiro atoms. The lowest BCUT2D eigenvalue weighted by molar-refractivity contribution is -0.438. The second-order valence-electron chi connectivity index (χ2n) is 17.5. The van der Waals surface area contributed by atoms with E-state index in [1.165, 1.54) is 6.92 Å². The summed E-state index contributed by atoms with van der Waals surface area (Å²) in [4.78, 5) is 41.6. The van der Waals surface area contributed by atoms with Gasteiger partial charge in [-0.1, -0.05) is 58.8 Å². The van der Waals surface area contributed by atoms with E-state index < -0.39 is 113 Å². The van der Waals surface area contributed by atoms with E-state index in [0.717, 1.165) is 44.9 Å². The van der Waals surface area contributed by atoms with Crippen LogP contribution in [0.15, 0.2) is 24.3 Å². The molecule has 2 saturated carbocycles. The van der Waals surface area contributed by atoms with E-state index in [9.17, 15) is 24.6 Å². The van der Waals surface area contributed by atoms with Crippen molar-refractivity contribution in [1.82, 2.24) is 0 Å². The molecule has 16 atom stereocenters. The Kier molecular flexibility index (Phi) is 9.32. The van der Waals surface area contributed by atoms with Gasteiger partial charge in [-0.2, -0.15) is 0 Å². The van der Waals surface area contributed by atoms with Crippen molar-refractivity contribution in [1.29, 1.82) is 0 Å². The first kappa shape index (κ1) is 38.5. The molecule has 13 heteroatoms. The molecule has 6 heterocycles. The monoisotopic (exact) mass is 758 g/mol. The van der Waals surface area contributed by atoms with Crippen molar-refractivity contribution in [3.05, 3.63) is 24.3 Å². The summed E-state index contributed by atoms with van der Waals surface area (Å²) in [5.74, 6) is -8.87. The first-order valence-corrected chi connectivity index (χ1v) is 20.3. The topological polar surface area (TPSA) is 169 Å². The van der Waals surface area contributed by atoms with E-state index in [0.29, 0.717) is 18.4 Å². The van der Waals surface area contributed by atoms with Crippen LogP contribution in [0.2, 0.25) is 0 Å². The zero-order chi connectivity index (χ0) is 38.6. The second kappa shape index (κ2) is 13.1. The highest BCUT2D eigenvalue weighted by molar-refractivity contribution is 5.86. The average molecular weight is 759 g/mol. The van der Waals surface area contributed by atoms with Gasteiger partial charge >= 0.3 is 17.9 Å². The number of carbonyl (C=O) groups is 3. The van der Waals surface area contributed by atoms with Gasteiger partial charge in [-0.15, -0.1) is 0 Å². The Morgan fingerprint density at radius 2 is 1.78 bits per heavy atom. The predicted octanol–water partition coefficient (Wildman–Crippen LogP) is 4.40. The molecule has 5 bridgehead atoms. The van der Waals surface area contributed by atoms with Crippen molar-refractivity contribution < 1.29 is 62.5 Å². The fraction of sp³-hybridized carbons (Fsp3) is 0.829. The van der Waals surface area contributed by atoms with Gasteiger partial charge in [-0.05, 0) is 56.9 Å². The van der Waals surface area contributed by atoms with Gasteiger partial charge in [0.15, 0.2) is 5.60 Å². The molecule has 0 aromatic carbocycles. The van der Waals surface area contributed by atoms with Crippen LogP contribution in [0.5, 0.6) is 0 Å². The highest BCUT2D eigenvalue weighted by Crippen LogP contribution is 2.77. The molecule has 2 N–H and O–H groups in total. The van der Waals surface area contributed by atoms with Crippen LogP contribution in [0, 0.1) is 35.5 Å². The fourth-order valence-electron chi connectivity index (χ4n) is 12.1. The lowest BCUT2D eigenvalue weighted by Crippen LogP contribution is -2.79. The summed E-state index contributed by atoms with van der Waals surface area (Å²) in [5, 5.41) is 23.9. The first-order valence-electron chi connectivity index (χ1n) is 20.3. The largest absolute Gasteiger partial charge is 0.465 e. The van der Waals surface area contributed by atoms with E-state index in [2.05, 4.69) is 25.7 Å². The highest BCUT2D eigenvalue weighted by Gasteiger charge is 2.95. The standard InChI is InChI=1S/C41H58O13/c1-8-17-25-18-15-13-11-10-12-14-16-19-38-50-32-28-31-37(21-42,49-31)34(45)41-29(27(25)36(7,52-41)51-35(41)46)40(28,54-38)26(20-47-33(44)23(5)9-2)30(48-24(6)43)39(32,53-38)22(3)4/h10,12,23,25-32,34,42,45H,3,8-9,11,13-21H2,1-2,4-7H3/b12-10-/t23?,25?,26-,27-,28+,29+,30-,31+,32-,34-,36+,37+,38?,39+,40-,41+/m1/s1. The third-order valence-electron chi connectivity index (χ3n) is 14.5. The van der Waals surface area contributed by atoms with Crippen molar-refractivity contribution in [3.63, 3.8) is 0 Å². The van der Waals surface area contributed by atoms with Gasteiger partial charge in [0.25, 0.3) is 5.97 Å². The number of epoxide rings is 1. The van der Waals surface area contributed by atoms with Crippen LogP contribution in [0.3, 0.4) is 0 Å². The minimum absolute atomic E-state index is 0.0685. The van der Waals surface area contributed by atoms with Crippen LogP contribution >= 0.6 is 0 Å². The lowest BCUT2D eigenvalue weighted by Gasteiger charge is -2.63. The van der Waals surface area contributed by atoms with Crippen molar-refractivity contribution in [2.45, 2.75) is 164 Å². The molecule has 8 aliphatic rings.